The Morgan fingerprint density at radius 2 is 2.03 bits per heavy atom. The van der Waals surface area contributed by atoms with Gasteiger partial charge in [-0.2, -0.15) is 0 Å². The number of carbonyl (C=O) groups is 1. The molecule has 1 aromatic heterocycles. The van der Waals surface area contributed by atoms with Gasteiger partial charge < -0.3 is 19.9 Å². The Morgan fingerprint density at radius 3 is 2.78 bits per heavy atom. The number of aromatic nitrogens is 2. The van der Waals surface area contributed by atoms with Gasteiger partial charge in [0.2, 0.25) is 5.91 Å². The zero-order valence-corrected chi connectivity index (χ0v) is 21.4. The van der Waals surface area contributed by atoms with Crippen LogP contribution in [-0.2, 0) is 16.1 Å². The van der Waals surface area contributed by atoms with Crippen LogP contribution in [0.15, 0.2) is 41.7 Å². The lowest BCUT2D eigenvalue weighted by atomic mass is 10.1. The highest BCUT2D eigenvalue weighted by molar-refractivity contribution is 5.87. The van der Waals surface area contributed by atoms with Crippen molar-refractivity contribution in [3.05, 3.63) is 75.7 Å². The molecular formula is C27H34FN5O3. The van der Waals surface area contributed by atoms with Crippen LogP contribution in [0.2, 0.25) is 0 Å². The van der Waals surface area contributed by atoms with Crippen molar-refractivity contribution in [3.8, 4) is 0 Å². The fourth-order valence-electron chi connectivity index (χ4n) is 4.74. The highest BCUT2D eigenvalue weighted by Crippen LogP contribution is 2.28. The third kappa shape index (κ3) is 4.93. The fourth-order valence-corrected chi connectivity index (χ4v) is 4.74. The lowest BCUT2D eigenvalue weighted by Crippen LogP contribution is -2.39. The molecule has 1 N–H and O–H groups in total. The van der Waals surface area contributed by atoms with E-state index in [1.165, 1.54) is 18.2 Å². The Hall–Kier alpha value is -3.46. The summed E-state index contributed by atoms with van der Waals surface area (Å²) in [5, 5.41) is 3.29. The number of anilines is 1. The zero-order valence-electron chi connectivity index (χ0n) is 21.4. The van der Waals surface area contributed by atoms with E-state index in [1.807, 2.05) is 24.9 Å². The molecule has 4 rings (SSSR count). The highest BCUT2D eigenvalue weighted by Gasteiger charge is 2.33. The first-order chi connectivity index (χ1) is 17.2. The maximum atomic E-state index is 14.1. The van der Waals surface area contributed by atoms with Crippen LogP contribution < -0.4 is 15.8 Å². The molecule has 2 aliphatic rings. The highest BCUT2D eigenvalue weighted by atomic mass is 19.1. The van der Waals surface area contributed by atoms with E-state index in [2.05, 4.69) is 11.9 Å². The van der Waals surface area contributed by atoms with Crippen LogP contribution in [0.4, 0.5) is 10.1 Å². The van der Waals surface area contributed by atoms with Crippen molar-refractivity contribution in [2.24, 2.45) is 0 Å². The first-order valence-corrected chi connectivity index (χ1v) is 12.3. The van der Waals surface area contributed by atoms with Gasteiger partial charge in [0.25, 0.3) is 5.56 Å². The van der Waals surface area contributed by atoms with Gasteiger partial charge in [0.1, 0.15) is 17.7 Å². The largest absolute Gasteiger partial charge is 0.380 e. The van der Waals surface area contributed by atoms with Gasteiger partial charge >= 0.3 is 0 Å². The maximum absolute atomic E-state index is 14.1. The van der Waals surface area contributed by atoms with Gasteiger partial charge in [-0.25, -0.2) is 9.37 Å². The van der Waals surface area contributed by atoms with Crippen LogP contribution in [0.3, 0.4) is 0 Å². The molecule has 0 fully saturated rings. The zero-order chi connectivity index (χ0) is 26.0. The lowest BCUT2D eigenvalue weighted by molar-refractivity contribution is -0.128. The Labute approximate surface area is 211 Å². The number of nitrogens with zero attached hydrogens (tertiary/aromatic N) is 4. The molecule has 2 bridgehead atoms. The second kappa shape index (κ2) is 10.7. The Morgan fingerprint density at radius 1 is 1.25 bits per heavy atom. The third-order valence-electron chi connectivity index (χ3n) is 7.03. The molecule has 2 aliphatic heterocycles. The third-order valence-corrected chi connectivity index (χ3v) is 7.03. The number of ether oxygens (including phenoxy) is 1. The van der Waals surface area contributed by atoms with Crippen LogP contribution in [-0.4, -0.2) is 54.2 Å². The predicted octanol–water partition coefficient (Wildman–Crippen LogP) is 3.33. The van der Waals surface area contributed by atoms with Gasteiger partial charge in [-0.15, -0.1) is 0 Å². The van der Waals surface area contributed by atoms with Crippen LogP contribution in [0, 0.1) is 12.7 Å². The van der Waals surface area contributed by atoms with Gasteiger partial charge in [-0.3, -0.25) is 14.2 Å². The summed E-state index contributed by atoms with van der Waals surface area (Å²) in [5.41, 5.74) is 2.88. The molecule has 3 heterocycles. The minimum Gasteiger partial charge on any atom is -0.380 e. The summed E-state index contributed by atoms with van der Waals surface area (Å²) in [4.78, 5) is 35.1. The average molecular weight is 496 g/mol. The number of hydrogen-bond acceptors (Lipinski definition) is 6. The number of rotatable bonds is 1. The van der Waals surface area contributed by atoms with E-state index in [9.17, 15) is 14.0 Å². The van der Waals surface area contributed by atoms with Gasteiger partial charge in [-0.1, -0.05) is 25.6 Å². The summed E-state index contributed by atoms with van der Waals surface area (Å²) in [6, 6.07) is 3.96. The van der Waals surface area contributed by atoms with Crippen LogP contribution >= 0.6 is 0 Å². The number of nitrogens with one attached hydrogen (secondary N) is 1. The minimum atomic E-state index is -0.530. The summed E-state index contributed by atoms with van der Waals surface area (Å²) in [6.07, 6.45) is 4.64. The topological polar surface area (TPSA) is 79.7 Å². The van der Waals surface area contributed by atoms with E-state index >= 15 is 0 Å². The Bertz CT molecular complexity index is 1250. The molecule has 0 aliphatic carbocycles. The monoisotopic (exact) mass is 495 g/mol. The van der Waals surface area contributed by atoms with Gasteiger partial charge in [-0.05, 0) is 43.5 Å². The number of amides is 1. The van der Waals surface area contributed by atoms with E-state index in [1.54, 1.807) is 29.5 Å². The van der Waals surface area contributed by atoms with Crippen molar-refractivity contribution < 1.29 is 13.9 Å². The molecular weight excluding hydrogens is 461 g/mol. The molecule has 1 aromatic carbocycles. The van der Waals surface area contributed by atoms with E-state index in [0.29, 0.717) is 55.3 Å². The predicted molar refractivity (Wildman–Crippen MR) is 138 cm³/mol. The number of likely N-dealkylation sites (N-methyl/N-ethyl adjacent to an activating group) is 1. The molecule has 192 valence electrons. The number of halogens is 1. The van der Waals surface area contributed by atoms with Gasteiger partial charge in [0.15, 0.2) is 0 Å². The summed E-state index contributed by atoms with van der Waals surface area (Å²) >= 11 is 0. The van der Waals surface area contributed by atoms with E-state index in [0.717, 1.165) is 11.3 Å². The standard InChI is InChI=1S/C27H34FN5O3/c1-6-21-15-36-16-23-26-30-25(17(2)27(35)33(21)26)18(3)29-14-19-10-11-20(28)13-22(19)31(4)12-8-7-9-24(34)32(23)5/h7,9-11,13,21,23,29H,3,6,8,12,14-16H2,1-2,4-5H3/b9-7+/t21-,23?/m0/s1. The fraction of sp³-hybridized carbons (Fsp3) is 0.444. The second-order valence-corrected chi connectivity index (χ2v) is 9.40. The normalized spacial score (nSPS) is 22.0. The number of benzene rings is 1. The summed E-state index contributed by atoms with van der Waals surface area (Å²) in [7, 11) is 3.59. The van der Waals surface area contributed by atoms with Crippen molar-refractivity contribution in [2.45, 2.75) is 45.3 Å². The molecule has 2 atom stereocenters. The molecule has 8 nitrogen and oxygen atoms in total. The number of fused-ring (bicyclic) bond motifs is 2. The van der Waals surface area contributed by atoms with E-state index in [4.69, 9.17) is 9.72 Å². The molecule has 9 heteroatoms. The number of carbonyl (C=O) groups excluding carboxylic acids is 1. The smallest absolute Gasteiger partial charge is 0.257 e. The Balaban J connectivity index is 1.85. The number of hydrogen-bond donors (Lipinski definition) is 1. The van der Waals surface area contributed by atoms with Crippen LogP contribution in [0.25, 0.3) is 5.70 Å². The van der Waals surface area contributed by atoms with Crippen molar-refractivity contribution >= 4 is 17.3 Å². The van der Waals surface area contributed by atoms with Gasteiger partial charge in [0, 0.05) is 38.4 Å². The molecule has 0 saturated carbocycles. The molecule has 0 radical (unpaired) electrons. The summed E-state index contributed by atoms with van der Waals surface area (Å²) < 4.78 is 21.7. The van der Waals surface area contributed by atoms with Crippen LogP contribution in [0.5, 0.6) is 0 Å². The Kier molecular flexibility index (Phi) is 7.59. The molecule has 1 amide bonds. The SMILES string of the molecule is C=C1NCc2ccc(F)cc2N(C)CC/C=C/C(=O)N(C)C2COC[C@H](CC)n3c2nc1c(C)c3=O. The first kappa shape index (κ1) is 25.6. The molecule has 2 aromatic rings. The lowest BCUT2D eigenvalue weighted by Gasteiger charge is -2.29. The van der Waals surface area contributed by atoms with Crippen molar-refractivity contribution in [1.82, 2.24) is 19.8 Å². The molecule has 1 unspecified atom stereocenters. The van der Waals surface area contributed by atoms with Crippen molar-refractivity contribution in [3.63, 3.8) is 0 Å². The van der Waals surface area contributed by atoms with Crippen molar-refractivity contribution in [1.29, 1.82) is 0 Å². The summed E-state index contributed by atoms with van der Waals surface area (Å²) in [6.45, 7) is 9.51. The second-order valence-electron chi connectivity index (χ2n) is 9.40. The average Bonchev–Trinajstić information content (AvgIpc) is 3.05. The van der Waals surface area contributed by atoms with Crippen LogP contribution in [0.1, 0.15) is 54.5 Å². The van der Waals surface area contributed by atoms with E-state index in [-0.39, 0.29) is 29.9 Å². The van der Waals surface area contributed by atoms with Gasteiger partial charge in [0.05, 0.1) is 30.6 Å². The molecule has 36 heavy (non-hydrogen) atoms. The maximum Gasteiger partial charge on any atom is 0.257 e. The quantitative estimate of drug-likeness (QED) is 0.654. The minimum absolute atomic E-state index is 0.167. The molecule has 0 saturated heterocycles. The first-order valence-electron chi connectivity index (χ1n) is 12.3. The summed E-state index contributed by atoms with van der Waals surface area (Å²) in [5.74, 6) is -0.0396. The van der Waals surface area contributed by atoms with E-state index < -0.39 is 6.04 Å². The van der Waals surface area contributed by atoms with Crippen molar-refractivity contribution in [2.75, 3.05) is 38.8 Å². The molecule has 0 spiro atoms.